The third-order valence-corrected chi connectivity index (χ3v) is 12.4. The van der Waals surface area contributed by atoms with E-state index in [-0.39, 0.29) is 0 Å². The summed E-state index contributed by atoms with van der Waals surface area (Å²) < 4.78 is 8.96. The van der Waals surface area contributed by atoms with Gasteiger partial charge in [0, 0.05) is 32.8 Å². The van der Waals surface area contributed by atoms with E-state index < -0.39 is 0 Å². The first kappa shape index (κ1) is 34.5. The van der Waals surface area contributed by atoms with Crippen LogP contribution in [0.1, 0.15) is 0 Å². The molecule has 0 spiro atoms. The predicted molar refractivity (Wildman–Crippen MR) is 255 cm³/mol. The van der Waals surface area contributed by atoms with E-state index in [0.29, 0.717) is 5.82 Å². The molecular weight excluding hydrogens is 757 g/mol. The van der Waals surface area contributed by atoms with Crippen molar-refractivity contribution < 1.29 is 4.42 Å². The first-order valence-corrected chi connectivity index (χ1v) is 20.9. The van der Waals surface area contributed by atoms with Crippen LogP contribution in [0.25, 0.3) is 127 Å². The van der Waals surface area contributed by atoms with Crippen molar-refractivity contribution in [1.82, 2.24) is 19.4 Å². The smallest absolute Gasteiger partial charge is 0.160 e. The van der Waals surface area contributed by atoms with Gasteiger partial charge in [0.15, 0.2) is 11.4 Å². The van der Waals surface area contributed by atoms with Crippen LogP contribution in [-0.2, 0) is 0 Å². The van der Waals surface area contributed by atoms with Gasteiger partial charge in [-0.15, -0.1) is 0 Å². The molecule has 0 amide bonds. The van der Waals surface area contributed by atoms with Gasteiger partial charge in [-0.25, -0.2) is 15.0 Å². The maximum Gasteiger partial charge on any atom is 0.160 e. The van der Waals surface area contributed by atoms with Crippen LogP contribution in [0.4, 0.5) is 0 Å². The second-order valence-corrected chi connectivity index (χ2v) is 16.0. The van der Waals surface area contributed by atoms with Crippen LogP contribution < -0.4 is 0 Å². The molecule has 4 aromatic heterocycles. The molecule has 288 valence electrons. The fraction of sp³-hybridized carbons (Fsp3) is 0. The SMILES string of the molecule is c1ccc(-c2nc(-c3ccc(-c4cc5ccccc5c5ccccc45)cc3)cc(-c3cccc(-c4ccc5oc6c7ccccc7c7nc8ccccc8n7c6c5c4)c3)n2)cc1. The van der Waals surface area contributed by atoms with Gasteiger partial charge < -0.3 is 4.42 Å². The minimum atomic E-state index is 0.684. The second kappa shape index (κ2) is 13.6. The topological polar surface area (TPSA) is 56.2 Å². The lowest BCUT2D eigenvalue weighted by Crippen LogP contribution is -1.96. The van der Waals surface area contributed by atoms with Gasteiger partial charge in [-0.3, -0.25) is 4.40 Å². The van der Waals surface area contributed by atoms with Gasteiger partial charge in [-0.05, 0) is 86.3 Å². The monoisotopic (exact) mass is 790 g/mol. The molecular formula is C57H34N4O. The molecule has 5 nitrogen and oxygen atoms in total. The van der Waals surface area contributed by atoms with Crippen molar-refractivity contribution in [2.24, 2.45) is 0 Å². The molecule has 0 N–H and O–H groups in total. The summed E-state index contributed by atoms with van der Waals surface area (Å²) in [5, 5.41) is 8.16. The third-order valence-electron chi connectivity index (χ3n) is 12.4. The van der Waals surface area contributed by atoms with E-state index in [1.54, 1.807) is 0 Å². The average Bonchev–Trinajstić information content (AvgIpc) is 3.93. The number of pyridine rings is 1. The lowest BCUT2D eigenvalue weighted by Gasteiger charge is -2.13. The van der Waals surface area contributed by atoms with Crippen LogP contribution >= 0.6 is 0 Å². The molecule has 0 fully saturated rings. The molecule has 13 rings (SSSR count). The number of para-hydroxylation sites is 2. The van der Waals surface area contributed by atoms with E-state index in [1.165, 1.54) is 32.7 Å². The van der Waals surface area contributed by atoms with Crippen molar-refractivity contribution in [3.8, 4) is 56.2 Å². The zero-order valence-corrected chi connectivity index (χ0v) is 33.3. The molecule has 13 aromatic rings. The zero-order valence-electron chi connectivity index (χ0n) is 33.3. The van der Waals surface area contributed by atoms with E-state index in [4.69, 9.17) is 19.4 Å². The number of hydrogen-bond donors (Lipinski definition) is 0. The number of nitrogens with zero attached hydrogens (tertiary/aromatic N) is 4. The van der Waals surface area contributed by atoms with E-state index in [9.17, 15) is 0 Å². The number of aromatic nitrogens is 4. The van der Waals surface area contributed by atoms with Gasteiger partial charge in [0.25, 0.3) is 0 Å². The van der Waals surface area contributed by atoms with Crippen molar-refractivity contribution in [1.29, 1.82) is 0 Å². The number of imidazole rings is 1. The highest BCUT2D eigenvalue weighted by molar-refractivity contribution is 6.19. The Kier molecular flexibility index (Phi) is 7.54. The van der Waals surface area contributed by atoms with Crippen molar-refractivity contribution in [3.63, 3.8) is 0 Å². The molecule has 0 saturated carbocycles. The van der Waals surface area contributed by atoms with Crippen LogP contribution in [0.15, 0.2) is 211 Å². The molecule has 4 heterocycles. The van der Waals surface area contributed by atoms with Gasteiger partial charge in [0.2, 0.25) is 0 Å². The molecule has 0 aliphatic heterocycles. The Morgan fingerprint density at radius 3 is 1.85 bits per heavy atom. The summed E-state index contributed by atoms with van der Waals surface area (Å²) in [6, 6.07) is 72.6. The quantitative estimate of drug-likeness (QED) is 0.163. The zero-order chi connectivity index (χ0) is 40.7. The lowest BCUT2D eigenvalue weighted by molar-refractivity contribution is 0.672. The van der Waals surface area contributed by atoms with Gasteiger partial charge in [0.05, 0.1) is 22.4 Å². The number of furan rings is 1. The molecule has 9 aromatic carbocycles. The maximum absolute atomic E-state index is 6.69. The Labute approximate surface area is 355 Å². The van der Waals surface area contributed by atoms with Crippen LogP contribution in [-0.4, -0.2) is 19.4 Å². The second-order valence-electron chi connectivity index (χ2n) is 16.0. The summed E-state index contributed by atoms with van der Waals surface area (Å²) in [5.74, 6) is 0.684. The van der Waals surface area contributed by atoms with Crippen molar-refractivity contribution in [3.05, 3.63) is 206 Å². The largest absolute Gasteiger partial charge is 0.454 e. The fourth-order valence-electron chi connectivity index (χ4n) is 9.41. The summed E-state index contributed by atoms with van der Waals surface area (Å²) in [5.41, 5.74) is 14.9. The standard InChI is InChI=1S/C57H34N4O/c1-2-13-37(14-3-1)56-58-50(36-27-25-35(26-28-36)47-33-40-15-4-5-18-42(40)43-19-6-7-20-44(43)47)34-51(59-56)41-17-12-16-38(31-41)39-29-30-53-48(32-39)54-55(62-53)45-21-8-9-22-46(45)57-60-49-23-10-11-24-52(49)61(54)57/h1-34H. The Morgan fingerprint density at radius 2 is 1.00 bits per heavy atom. The first-order valence-electron chi connectivity index (χ1n) is 20.9. The van der Waals surface area contributed by atoms with Crippen molar-refractivity contribution in [2.45, 2.75) is 0 Å². The summed E-state index contributed by atoms with van der Waals surface area (Å²) in [6.07, 6.45) is 0. The molecule has 0 radical (unpaired) electrons. The Balaban J connectivity index is 0.937. The summed E-state index contributed by atoms with van der Waals surface area (Å²) in [7, 11) is 0. The number of rotatable bonds is 5. The molecule has 0 bridgehead atoms. The first-order chi connectivity index (χ1) is 30.7. The van der Waals surface area contributed by atoms with Gasteiger partial charge >= 0.3 is 0 Å². The number of benzene rings is 9. The van der Waals surface area contributed by atoms with Gasteiger partial charge in [-0.1, -0.05) is 164 Å². The van der Waals surface area contributed by atoms with E-state index >= 15 is 0 Å². The maximum atomic E-state index is 6.69. The van der Waals surface area contributed by atoms with Crippen LogP contribution in [0.2, 0.25) is 0 Å². The Hall–Kier alpha value is -8.41. The molecule has 0 aliphatic rings. The van der Waals surface area contributed by atoms with Gasteiger partial charge in [-0.2, -0.15) is 0 Å². The van der Waals surface area contributed by atoms with E-state index in [1.807, 2.05) is 24.3 Å². The molecule has 0 unspecified atom stereocenters. The Morgan fingerprint density at radius 1 is 0.371 bits per heavy atom. The minimum Gasteiger partial charge on any atom is -0.454 e. The highest BCUT2D eigenvalue weighted by atomic mass is 16.3. The normalized spacial score (nSPS) is 11.9. The molecule has 0 saturated heterocycles. The van der Waals surface area contributed by atoms with Crippen molar-refractivity contribution in [2.75, 3.05) is 0 Å². The summed E-state index contributed by atoms with van der Waals surface area (Å²) in [4.78, 5) is 15.5. The van der Waals surface area contributed by atoms with Crippen LogP contribution in [0, 0.1) is 0 Å². The predicted octanol–water partition coefficient (Wildman–Crippen LogP) is 15.0. The lowest BCUT2D eigenvalue weighted by atomic mass is 9.92. The van der Waals surface area contributed by atoms with Crippen LogP contribution in [0.5, 0.6) is 0 Å². The highest BCUT2D eigenvalue weighted by Gasteiger charge is 2.20. The molecule has 0 atom stereocenters. The van der Waals surface area contributed by atoms with Gasteiger partial charge in [0.1, 0.15) is 16.7 Å². The molecule has 5 heteroatoms. The fourth-order valence-corrected chi connectivity index (χ4v) is 9.41. The Bertz CT molecular complexity index is 3920. The third kappa shape index (κ3) is 5.38. The van der Waals surface area contributed by atoms with Crippen molar-refractivity contribution >= 4 is 71.1 Å². The average molecular weight is 791 g/mol. The number of hydrogen-bond acceptors (Lipinski definition) is 4. The summed E-state index contributed by atoms with van der Waals surface area (Å²) in [6.45, 7) is 0. The molecule has 0 aliphatic carbocycles. The van der Waals surface area contributed by atoms with E-state index in [0.717, 1.165) is 88.7 Å². The minimum absolute atomic E-state index is 0.684. The number of fused-ring (bicyclic) bond motifs is 13. The highest BCUT2D eigenvalue weighted by Crippen LogP contribution is 2.41. The van der Waals surface area contributed by atoms with Crippen LogP contribution in [0.3, 0.4) is 0 Å². The summed E-state index contributed by atoms with van der Waals surface area (Å²) >= 11 is 0. The van der Waals surface area contributed by atoms with E-state index in [2.05, 4.69) is 186 Å². The molecule has 62 heavy (non-hydrogen) atoms.